The third-order valence-corrected chi connectivity index (χ3v) is 8.30. The number of benzene rings is 4. The van der Waals surface area contributed by atoms with Crippen LogP contribution in [0.2, 0.25) is 0 Å². The van der Waals surface area contributed by atoms with Gasteiger partial charge in [0.05, 0.1) is 0 Å². The van der Waals surface area contributed by atoms with Gasteiger partial charge in [0, 0.05) is 22.3 Å². The smallest absolute Gasteiger partial charge is 0.195 e. The molecule has 2 nitrogen and oxygen atoms in total. The van der Waals surface area contributed by atoms with E-state index in [9.17, 15) is 9.59 Å². The molecule has 0 unspecified atom stereocenters. The van der Waals surface area contributed by atoms with Gasteiger partial charge in [0.1, 0.15) is 0 Å². The maximum absolute atomic E-state index is 14.2. The molecule has 0 aromatic heterocycles. The zero-order valence-corrected chi connectivity index (χ0v) is 23.4. The predicted molar refractivity (Wildman–Crippen MR) is 158 cm³/mol. The molecule has 0 fully saturated rings. The normalized spacial score (nSPS) is 12.5. The minimum absolute atomic E-state index is 0.0615. The van der Waals surface area contributed by atoms with Crippen LogP contribution >= 0.6 is 0 Å². The summed E-state index contributed by atoms with van der Waals surface area (Å²) in [4.78, 5) is 28.5. The average molecular weight is 501 g/mol. The molecule has 0 N–H and O–H groups in total. The van der Waals surface area contributed by atoms with Crippen LogP contribution in [0.4, 0.5) is 0 Å². The van der Waals surface area contributed by atoms with Crippen LogP contribution in [0.3, 0.4) is 0 Å². The van der Waals surface area contributed by atoms with Crippen molar-refractivity contribution < 1.29 is 9.59 Å². The Morgan fingerprint density at radius 1 is 0.447 bits per heavy atom. The average Bonchev–Trinajstić information content (AvgIpc) is 2.94. The highest BCUT2D eigenvalue weighted by Gasteiger charge is 2.35. The van der Waals surface area contributed by atoms with Gasteiger partial charge in [-0.2, -0.15) is 0 Å². The molecule has 0 radical (unpaired) electrons. The molecule has 0 amide bonds. The first kappa shape index (κ1) is 25.9. The van der Waals surface area contributed by atoms with E-state index >= 15 is 0 Å². The molecule has 4 aromatic rings. The summed E-state index contributed by atoms with van der Waals surface area (Å²) in [5.41, 5.74) is 13.4. The van der Waals surface area contributed by atoms with E-state index in [0.717, 1.165) is 47.9 Å². The number of hydrogen-bond acceptors (Lipinski definition) is 2. The zero-order valence-electron chi connectivity index (χ0n) is 23.4. The molecule has 4 aromatic carbocycles. The van der Waals surface area contributed by atoms with Crippen molar-refractivity contribution in [3.05, 3.63) is 116 Å². The lowest BCUT2D eigenvalue weighted by molar-refractivity contribution is 0.0980. The maximum atomic E-state index is 14.2. The van der Waals surface area contributed by atoms with Crippen LogP contribution in [0, 0.1) is 13.8 Å². The molecule has 0 heterocycles. The molecule has 0 bridgehead atoms. The Bertz CT molecular complexity index is 1480. The highest BCUT2D eigenvalue weighted by Crippen LogP contribution is 2.42. The van der Waals surface area contributed by atoms with Gasteiger partial charge in [-0.15, -0.1) is 0 Å². The molecule has 0 aliphatic heterocycles. The van der Waals surface area contributed by atoms with Crippen LogP contribution < -0.4 is 0 Å². The number of rotatable bonds is 6. The van der Waals surface area contributed by atoms with Gasteiger partial charge >= 0.3 is 0 Å². The first-order valence-corrected chi connectivity index (χ1v) is 13.9. The van der Waals surface area contributed by atoms with Crippen molar-refractivity contribution in [3.63, 3.8) is 0 Å². The Labute approximate surface area is 226 Å². The highest BCUT2D eigenvalue weighted by molar-refractivity contribution is 6.32. The van der Waals surface area contributed by atoms with Gasteiger partial charge in [-0.25, -0.2) is 0 Å². The predicted octanol–water partition coefficient (Wildman–Crippen LogP) is 8.66. The Morgan fingerprint density at radius 3 is 1.16 bits per heavy atom. The van der Waals surface area contributed by atoms with Crippen LogP contribution in [-0.2, 0) is 25.7 Å². The van der Waals surface area contributed by atoms with Crippen LogP contribution in [0.1, 0.15) is 92.9 Å². The van der Waals surface area contributed by atoms with Crippen LogP contribution in [-0.4, -0.2) is 11.6 Å². The number of hydrogen-bond donors (Lipinski definition) is 0. The Hall–Kier alpha value is -3.78. The Morgan fingerprint density at radius 2 is 0.816 bits per heavy atom. The first-order valence-electron chi connectivity index (χ1n) is 13.9. The number of aryl methyl sites for hydroxylation is 6. The van der Waals surface area contributed by atoms with E-state index in [4.69, 9.17) is 0 Å². The lowest BCUT2D eigenvalue weighted by atomic mass is 9.75. The van der Waals surface area contributed by atoms with Gasteiger partial charge < -0.3 is 0 Å². The summed E-state index contributed by atoms with van der Waals surface area (Å²) >= 11 is 0. The highest BCUT2D eigenvalue weighted by atomic mass is 16.1. The van der Waals surface area contributed by atoms with Crippen LogP contribution in [0.25, 0.3) is 22.3 Å². The number of carbonyl (C=O) groups is 2. The molecule has 0 atom stereocenters. The quantitative estimate of drug-likeness (QED) is 0.234. The van der Waals surface area contributed by atoms with Gasteiger partial charge in [-0.3, -0.25) is 9.59 Å². The Balaban J connectivity index is 1.90. The summed E-state index contributed by atoms with van der Waals surface area (Å²) < 4.78 is 0. The van der Waals surface area contributed by atoms with E-state index in [1.54, 1.807) is 12.1 Å². The fraction of sp³-hybridized carbons (Fsp3) is 0.278. The molecule has 2 heteroatoms. The summed E-state index contributed by atoms with van der Waals surface area (Å²) in [6, 6.07) is 20.4. The van der Waals surface area contributed by atoms with E-state index in [-0.39, 0.29) is 11.6 Å². The van der Waals surface area contributed by atoms with Gasteiger partial charge in [0.15, 0.2) is 11.6 Å². The molecular formula is C36H36O2. The third kappa shape index (κ3) is 4.04. The van der Waals surface area contributed by atoms with Gasteiger partial charge in [-0.1, -0.05) is 88.4 Å². The standard InChI is InChI=1S/C36H36O2/c1-7-23-19-31(25(9-3)17-21(23)5)27-15-16-28(32-20-24(8-2)22(6)18-26(32)10-4)34-33(27)35(37)29-13-11-12-14-30(29)36(34)38/h11-20H,7-10H2,1-6H3. The Kier molecular flexibility index (Phi) is 6.92. The van der Waals surface area contributed by atoms with Crippen molar-refractivity contribution >= 4 is 11.6 Å². The van der Waals surface area contributed by atoms with Crippen LogP contribution in [0.15, 0.2) is 60.7 Å². The van der Waals surface area contributed by atoms with Crippen molar-refractivity contribution in [2.45, 2.75) is 67.2 Å². The second-order valence-electron chi connectivity index (χ2n) is 10.4. The minimum Gasteiger partial charge on any atom is -0.289 e. The summed E-state index contributed by atoms with van der Waals surface area (Å²) in [5.74, 6) is -0.123. The monoisotopic (exact) mass is 500 g/mol. The molecule has 0 saturated carbocycles. The lowest BCUT2D eigenvalue weighted by Gasteiger charge is -2.25. The van der Waals surface area contributed by atoms with E-state index in [1.807, 2.05) is 12.1 Å². The molecular weight excluding hydrogens is 464 g/mol. The van der Waals surface area contributed by atoms with Crippen molar-refractivity contribution in [1.82, 2.24) is 0 Å². The summed E-state index contributed by atoms with van der Waals surface area (Å²) in [6.07, 6.45) is 3.55. The summed E-state index contributed by atoms with van der Waals surface area (Å²) in [6.45, 7) is 12.9. The van der Waals surface area contributed by atoms with Crippen LogP contribution in [0.5, 0.6) is 0 Å². The fourth-order valence-corrected chi connectivity index (χ4v) is 6.15. The van der Waals surface area contributed by atoms with Crippen molar-refractivity contribution in [2.24, 2.45) is 0 Å². The van der Waals surface area contributed by atoms with Crippen molar-refractivity contribution in [1.29, 1.82) is 0 Å². The van der Waals surface area contributed by atoms with E-state index < -0.39 is 0 Å². The first-order chi connectivity index (χ1) is 18.3. The maximum Gasteiger partial charge on any atom is 0.195 e. The molecule has 5 rings (SSSR count). The second-order valence-corrected chi connectivity index (χ2v) is 10.4. The second kappa shape index (κ2) is 10.2. The molecule has 1 aliphatic carbocycles. The molecule has 38 heavy (non-hydrogen) atoms. The van der Waals surface area contributed by atoms with E-state index in [1.165, 1.54) is 33.4 Å². The topological polar surface area (TPSA) is 34.1 Å². The summed E-state index contributed by atoms with van der Waals surface area (Å²) in [7, 11) is 0. The third-order valence-electron chi connectivity index (χ3n) is 8.30. The number of carbonyl (C=O) groups excluding carboxylic acids is 2. The van der Waals surface area contributed by atoms with Crippen molar-refractivity contribution in [2.75, 3.05) is 0 Å². The molecule has 0 saturated heterocycles. The zero-order chi connectivity index (χ0) is 27.1. The molecule has 1 aliphatic rings. The number of fused-ring (bicyclic) bond motifs is 2. The number of ketones is 2. The van der Waals surface area contributed by atoms with E-state index in [0.29, 0.717) is 22.3 Å². The van der Waals surface area contributed by atoms with Crippen molar-refractivity contribution in [3.8, 4) is 22.3 Å². The minimum atomic E-state index is -0.0615. The molecule has 192 valence electrons. The van der Waals surface area contributed by atoms with E-state index in [2.05, 4.69) is 77.9 Å². The largest absolute Gasteiger partial charge is 0.289 e. The van der Waals surface area contributed by atoms with Gasteiger partial charge in [0.2, 0.25) is 0 Å². The SMILES string of the molecule is CCc1cc(-c2ccc(-c3cc(CC)c(C)cc3CC)c3c2C(=O)c2ccccc2C3=O)c(CC)cc1C. The van der Waals surface area contributed by atoms with Gasteiger partial charge in [-0.05, 0) is 95.2 Å². The lowest BCUT2D eigenvalue weighted by Crippen LogP contribution is -2.23. The summed E-state index contributed by atoms with van der Waals surface area (Å²) in [5, 5.41) is 0. The van der Waals surface area contributed by atoms with Gasteiger partial charge in [0.25, 0.3) is 0 Å². The molecule has 0 spiro atoms. The fourth-order valence-electron chi connectivity index (χ4n) is 6.15.